The zero-order valence-electron chi connectivity index (χ0n) is 7.75. The number of nitrogens with one attached hydrogen (secondary N) is 1. The molecule has 0 radical (unpaired) electrons. The summed E-state index contributed by atoms with van der Waals surface area (Å²) in [4.78, 5) is 0. The molecule has 0 bridgehead atoms. The number of aromatic hydroxyl groups is 1. The van der Waals surface area contributed by atoms with Crippen molar-refractivity contribution in [1.29, 1.82) is 0 Å². The second-order valence-electron chi connectivity index (χ2n) is 2.99. The fourth-order valence-electron chi connectivity index (χ4n) is 1.06. The lowest BCUT2D eigenvalue weighted by Gasteiger charge is -2.21. The smallest absolute Gasteiger partial charge is 0.409 e. The number of para-hydroxylation sites is 2. The summed E-state index contributed by atoms with van der Waals surface area (Å²) in [6.45, 7) is -0.585. The summed E-state index contributed by atoms with van der Waals surface area (Å²) in [5.41, 5.74) is 5.01. The van der Waals surface area contributed by atoms with Crippen LogP contribution < -0.4 is 11.1 Å². The molecule has 0 aliphatic rings. The first kappa shape index (κ1) is 11.6. The predicted molar refractivity (Wildman–Crippen MR) is 50.6 cm³/mol. The third-order valence-electron chi connectivity index (χ3n) is 1.86. The van der Waals surface area contributed by atoms with E-state index in [1.165, 1.54) is 24.3 Å². The van der Waals surface area contributed by atoms with Crippen molar-refractivity contribution in [3.63, 3.8) is 0 Å². The molecule has 0 aromatic heterocycles. The van der Waals surface area contributed by atoms with E-state index in [1.54, 1.807) is 0 Å². The SMILES string of the molecule is NCC(Nc1ccccc1O)C(F)(F)F. The van der Waals surface area contributed by atoms with Crippen LogP contribution in [-0.2, 0) is 0 Å². The first-order valence-corrected chi connectivity index (χ1v) is 4.26. The monoisotopic (exact) mass is 220 g/mol. The number of rotatable bonds is 3. The van der Waals surface area contributed by atoms with Gasteiger partial charge in [0, 0.05) is 6.54 Å². The normalized spacial score (nSPS) is 13.6. The molecular weight excluding hydrogens is 209 g/mol. The molecule has 0 aliphatic carbocycles. The van der Waals surface area contributed by atoms with Crippen LogP contribution in [0.1, 0.15) is 0 Å². The van der Waals surface area contributed by atoms with Crippen molar-refractivity contribution in [2.24, 2.45) is 5.73 Å². The van der Waals surface area contributed by atoms with E-state index in [0.717, 1.165) is 0 Å². The molecule has 1 atom stereocenters. The maximum Gasteiger partial charge on any atom is 0.409 e. The summed E-state index contributed by atoms with van der Waals surface area (Å²) >= 11 is 0. The molecule has 1 rings (SSSR count). The Bertz CT molecular complexity index is 327. The molecule has 0 amide bonds. The van der Waals surface area contributed by atoms with Gasteiger partial charge >= 0.3 is 6.18 Å². The summed E-state index contributed by atoms with van der Waals surface area (Å²) in [5, 5.41) is 11.4. The topological polar surface area (TPSA) is 58.3 Å². The lowest BCUT2D eigenvalue weighted by molar-refractivity contribution is -0.140. The van der Waals surface area contributed by atoms with Crippen LogP contribution in [0.3, 0.4) is 0 Å². The highest BCUT2D eigenvalue weighted by Crippen LogP contribution is 2.27. The zero-order chi connectivity index (χ0) is 11.5. The number of anilines is 1. The third-order valence-corrected chi connectivity index (χ3v) is 1.86. The average molecular weight is 220 g/mol. The van der Waals surface area contributed by atoms with Crippen LogP contribution in [0.4, 0.5) is 18.9 Å². The number of alkyl halides is 3. The van der Waals surface area contributed by atoms with Gasteiger partial charge in [-0.2, -0.15) is 13.2 Å². The van der Waals surface area contributed by atoms with E-state index in [2.05, 4.69) is 5.32 Å². The lowest BCUT2D eigenvalue weighted by Crippen LogP contribution is -2.42. The lowest BCUT2D eigenvalue weighted by atomic mass is 10.2. The summed E-state index contributed by atoms with van der Waals surface area (Å²) in [6, 6.07) is 3.83. The Morgan fingerprint density at radius 3 is 2.40 bits per heavy atom. The number of hydrogen-bond acceptors (Lipinski definition) is 3. The Kier molecular flexibility index (Phi) is 3.41. The molecular formula is C9H11F3N2O. The van der Waals surface area contributed by atoms with Gasteiger partial charge in [-0.15, -0.1) is 0 Å². The van der Waals surface area contributed by atoms with Gasteiger partial charge < -0.3 is 16.2 Å². The number of phenols is 1. The summed E-state index contributed by atoms with van der Waals surface area (Å²) in [7, 11) is 0. The molecule has 0 aliphatic heterocycles. The van der Waals surface area contributed by atoms with Crippen LogP contribution in [0, 0.1) is 0 Å². The van der Waals surface area contributed by atoms with Gasteiger partial charge in [0.25, 0.3) is 0 Å². The molecule has 15 heavy (non-hydrogen) atoms. The highest BCUT2D eigenvalue weighted by molar-refractivity contribution is 5.56. The van der Waals surface area contributed by atoms with Gasteiger partial charge in [-0.25, -0.2) is 0 Å². The van der Waals surface area contributed by atoms with Crippen molar-refractivity contribution in [2.45, 2.75) is 12.2 Å². The van der Waals surface area contributed by atoms with Crippen molar-refractivity contribution in [1.82, 2.24) is 0 Å². The van der Waals surface area contributed by atoms with Crippen LogP contribution in [0.5, 0.6) is 5.75 Å². The number of hydrogen-bond donors (Lipinski definition) is 3. The van der Waals surface area contributed by atoms with Crippen LogP contribution in [0.25, 0.3) is 0 Å². The molecule has 6 heteroatoms. The van der Waals surface area contributed by atoms with Gasteiger partial charge in [-0.05, 0) is 12.1 Å². The van der Waals surface area contributed by atoms with Gasteiger partial charge in [-0.1, -0.05) is 12.1 Å². The van der Waals surface area contributed by atoms with Gasteiger partial charge in [0.05, 0.1) is 5.69 Å². The first-order chi connectivity index (χ1) is 6.95. The minimum atomic E-state index is -4.43. The Morgan fingerprint density at radius 2 is 1.93 bits per heavy atom. The average Bonchev–Trinajstić information content (AvgIpc) is 2.14. The number of nitrogens with two attached hydrogens (primary N) is 1. The Labute approximate surface area is 84.7 Å². The molecule has 0 heterocycles. The molecule has 0 spiro atoms. The van der Waals surface area contributed by atoms with Crippen molar-refractivity contribution in [2.75, 3.05) is 11.9 Å². The summed E-state index contributed by atoms with van der Waals surface area (Å²) < 4.78 is 36.9. The number of benzene rings is 1. The fourth-order valence-corrected chi connectivity index (χ4v) is 1.06. The van der Waals surface area contributed by atoms with Crippen molar-refractivity contribution in [3.8, 4) is 5.75 Å². The Hall–Kier alpha value is -1.43. The van der Waals surface area contributed by atoms with Crippen LogP contribution in [0.2, 0.25) is 0 Å². The van der Waals surface area contributed by atoms with E-state index >= 15 is 0 Å². The maximum absolute atomic E-state index is 12.3. The molecule has 84 valence electrons. The second kappa shape index (κ2) is 4.39. The van der Waals surface area contributed by atoms with Crippen molar-refractivity contribution in [3.05, 3.63) is 24.3 Å². The van der Waals surface area contributed by atoms with E-state index in [0.29, 0.717) is 0 Å². The van der Waals surface area contributed by atoms with Crippen molar-refractivity contribution < 1.29 is 18.3 Å². The highest BCUT2D eigenvalue weighted by Gasteiger charge is 2.38. The molecule has 1 aromatic carbocycles. The minimum Gasteiger partial charge on any atom is -0.506 e. The standard InChI is InChI=1S/C9H11F3N2O/c10-9(11,12)8(5-13)14-6-3-1-2-4-7(6)15/h1-4,8,14-15H,5,13H2. The van der Waals surface area contributed by atoms with E-state index < -0.39 is 18.8 Å². The van der Waals surface area contributed by atoms with E-state index in [4.69, 9.17) is 5.73 Å². The molecule has 0 fully saturated rings. The van der Waals surface area contributed by atoms with E-state index in [1.807, 2.05) is 0 Å². The van der Waals surface area contributed by atoms with Gasteiger partial charge in [0.2, 0.25) is 0 Å². The molecule has 4 N–H and O–H groups in total. The molecule has 0 saturated heterocycles. The first-order valence-electron chi connectivity index (χ1n) is 4.26. The highest BCUT2D eigenvalue weighted by atomic mass is 19.4. The number of phenolic OH excluding ortho intramolecular Hbond substituents is 1. The van der Waals surface area contributed by atoms with Crippen LogP contribution in [-0.4, -0.2) is 23.9 Å². The van der Waals surface area contributed by atoms with Gasteiger partial charge in [0.15, 0.2) is 0 Å². The third kappa shape index (κ3) is 3.02. The molecule has 0 saturated carbocycles. The van der Waals surface area contributed by atoms with Gasteiger partial charge in [0.1, 0.15) is 11.8 Å². The van der Waals surface area contributed by atoms with E-state index in [9.17, 15) is 18.3 Å². The summed E-state index contributed by atoms with van der Waals surface area (Å²) in [5.74, 6) is -0.236. The molecule has 1 unspecified atom stereocenters. The van der Waals surface area contributed by atoms with Gasteiger partial charge in [-0.3, -0.25) is 0 Å². The fraction of sp³-hybridized carbons (Fsp3) is 0.333. The van der Waals surface area contributed by atoms with Crippen LogP contribution >= 0.6 is 0 Å². The molecule has 3 nitrogen and oxygen atoms in total. The largest absolute Gasteiger partial charge is 0.506 e. The van der Waals surface area contributed by atoms with E-state index in [-0.39, 0.29) is 11.4 Å². The quantitative estimate of drug-likeness (QED) is 0.679. The maximum atomic E-state index is 12.3. The van der Waals surface area contributed by atoms with Crippen LogP contribution in [0.15, 0.2) is 24.3 Å². The zero-order valence-corrected chi connectivity index (χ0v) is 7.75. The second-order valence-corrected chi connectivity index (χ2v) is 2.99. The molecule has 1 aromatic rings. The Morgan fingerprint density at radius 1 is 1.33 bits per heavy atom. The predicted octanol–water partition coefficient (Wildman–Crippen LogP) is 1.69. The Balaban J connectivity index is 2.80. The number of halogens is 3. The minimum absolute atomic E-state index is 0.0188. The summed E-state index contributed by atoms with van der Waals surface area (Å²) in [6.07, 6.45) is -4.43. The van der Waals surface area contributed by atoms with Crippen molar-refractivity contribution >= 4 is 5.69 Å².